The van der Waals surface area contributed by atoms with Crippen molar-refractivity contribution in [2.24, 2.45) is 7.05 Å². The van der Waals surface area contributed by atoms with E-state index < -0.39 is 5.97 Å². The maximum absolute atomic E-state index is 11.7. The van der Waals surface area contributed by atoms with Crippen molar-refractivity contribution in [3.63, 3.8) is 0 Å². The van der Waals surface area contributed by atoms with Gasteiger partial charge in [-0.3, -0.25) is 4.68 Å². The second kappa shape index (κ2) is 9.09. The molecule has 5 rings (SSSR count). The van der Waals surface area contributed by atoms with Crippen LogP contribution in [0.2, 0.25) is 5.15 Å². The fourth-order valence-electron chi connectivity index (χ4n) is 4.59. The van der Waals surface area contributed by atoms with Crippen molar-refractivity contribution in [1.82, 2.24) is 24.7 Å². The number of nitrogens with zero attached hydrogens (tertiary/aromatic N) is 7. The molecule has 2 N–H and O–H groups in total. The number of aryl methyl sites for hydroxylation is 2. The largest absolute Gasteiger partial charge is 0.476 e. The quantitative estimate of drug-likeness (QED) is 0.388. The van der Waals surface area contributed by atoms with E-state index >= 15 is 0 Å². The Morgan fingerprint density at radius 2 is 2.08 bits per heavy atom. The minimum atomic E-state index is -1.18. The molecule has 0 fully saturated rings. The predicted molar refractivity (Wildman–Crippen MR) is 135 cm³/mol. The summed E-state index contributed by atoms with van der Waals surface area (Å²) in [7, 11) is 1.91. The van der Waals surface area contributed by atoms with Gasteiger partial charge < -0.3 is 15.3 Å². The molecule has 0 aliphatic carbocycles. The third kappa shape index (κ3) is 4.18. The van der Waals surface area contributed by atoms with Crippen LogP contribution in [-0.4, -0.2) is 42.4 Å². The van der Waals surface area contributed by atoms with E-state index in [0.29, 0.717) is 35.6 Å². The lowest BCUT2D eigenvalue weighted by molar-refractivity contribution is 0.0691. The minimum absolute atomic E-state index is 0.101. The van der Waals surface area contributed by atoms with Gasteiger partial charge in [-0.2, -0.15) is 10.4 Å². The predicted octanol–water partition coefficient (Wildman–Crippen LogP) is 4.03. The summed E-state index contributed by atoms with van der Waals surface area (Å²) in [6.45, 7) is 5.13. The van der Waals surface area contributed by atoms with Gasteiger partial charge in [0.2, 0.25) is 0 Å². The fraction of sp³-hybridized carbons (Fsp3) is 0.280. The molecule has 0 saturated heterocycles. The molecule has 1 atom stereocenters. The number of nitrogens with one attached hydrogen (secondary N) is 1. The highest BCUT2D eigenvalue weighted by molar-refractivity contribution is 6.29. The first-order valence-corrected chi connectivity index (χ1v) is 11.8. The van der Waals surface area contributed by atoms with E-state index in [4.69, 9.17) is 16.6 Å². The minimum Gasteiger partial charge on any atom is -0.476 e. The summed E-state index contributed by atoms with van der Waals surface area (Å²) < 4.78 is 1.85. The van der Waals surface area contributed by atoms with Crippen LogP contribution in [-0.2, 0) is 20.0 Å². The van der Waals surface area contributed by atoms with E-state index in [1.54, 1.807) is 6.07 Å². The van der Waals surface area contributed by atoms with Crippen LogP contribution in [0.3, 0.4) is 0 Å². The van der Waals surface area contributed by atoms with E-state index in [1.807, 2.05) is 43.9 Å². The lowest BCUT2D eigenvalue weighted by atomic mass is 10.0. The van der Waals surface area contributed by atoms with Crippen molar-refractivity contribution in [2.45, 2.75) is 32.9 Å². The second-order valence-corrected chi connectivity index (χ2v) is 9.23. The molecular formula is C25H23ClN8O2. The average Bonchev–Trinajstić information content (AvgIpc) is 3.23. The Morgan fingerprint density at radius 3 is 2.83 bits per heavy atom. The Kier molecular flexibility index (Phi) is 5.94. The molecule has 11 heteroatoms. The summed E-state index contributed by atoms with van der Waals surface area (Å²) in [4.78, 5) is 27.3. The highest BCUT2D eigenvalue weighted by atomic mass is 35.5. The van der Waals surface area contributed by atoms with Gasteiger partial charge in [-0.25, -0.2) is 19.7 Å². The van der Waals surface area contributed by atoms with Gasteiger partial charge in [0.15, 0.2) is 17.2 Å². The number of aromatic carboxylic acids is 1. The van der Waals surface area contributed by atoms with Crippen LogP contribution in [0.1, 0.15) is 51.5 Å². The number of nitriles is 1. The molecule has 0 amide bonds. The van der Waals surface area contributed by atoms with Crippen LogP contribution in [0, 0.1) is 18.3 Å². The van der Waals surface area contributed by atoms with Crippen LogP contribution in [0.5, 0.6) is 0 Å². The van der Waals surface area contributed by atoms with Crippen LogP contribution < -0.4 is 10.2 Å². The molecule has 1 aliphatic rings. The zero-order valence-corrected chi connectivity index (χ0v) is 20.7. The van der Waals surface area contributed by atoms with Crippen molar-refractivity contribution in [1.29, 1.82) is 5.26 Å². The van der Waals surface area contributed by atoms with E-state index in [2.05, 4.69) is 31.4 Å². The molecule has 182 valence electrons. The first-order valence-electron chi connectivity index (χ1n) is 11.4. The summed E-state index contributed by atoms with van der Waals surface area (Å²) in [5.41, 5.74) is 5.74. The van der Waals surface area contributed by atoms with Crippen molar-refractivity contribution < 1.29 is 9.90 Å². The first-order chi connectivity index (χ1) is 17.2. The van der Waals surface area contributed by atoms with Crippen molar-refractivity contribution in [3.8, 4) is 6.07 Å². The van der Waals surface area contributed by atoms with Crippen molar-refractivity contribution in [2.75, 3.05) is 16.8 Å². The van der Waals surface area contributed by atoms with Crippen LogP contribution >= 0.6 is 11.6 Å². The van der Waals surface area contributed by atoms with Gasteiger partial charge in [-0.1, -0.05) is 17.7 Å². The number of carbonyl (C=O) groups is 1. The molecule has 3 aromatic heterocycles. The van der Waals surface area contributed by atoms with Gasteiger partial charge in [0.05, 0.1) is 41.2 Å². The number of carboxylic acid groups (broad SMARTS) is 1. The lowest BCUT2D eigenvalue weighted by Gasteiger charge is -2.29. The number of aromatic nitrogens is 5. The molecule has 0 unspecified atom stereocenters. The fourth-order valence-corrected chi connectivity index (χ4v) is 4.74. The lowest BCUT2D eigenvalue weighted by Crippen LogP contribution is -2.32. The summed E-state index contributed by atoms with van der Waals surface area (Å²) in [5, 5.41) is 27.2. The summed E-state index contributed by atoms with van der Waals surface area (Å²) in [5.74, 6) is -0.657. The molecule has 0 spiro atoms. The molecule has 0 bridgehead atoms. The van der Waals surface area contributed by atoms with E-state index in [0.717, 1.165) is 23.2 Å². The van der Waals surface area contributed by atoms with Crippen molar-refractivity contribution in [3.05, 3.63) is 69.4 Å². The Balaban J connectivity index is 1.58. The van der Waals surface area contributed by atoms with E-state index in [1.165, 1.54) is 11.6 Å². The highest BCUT2D eigenvalue weighted by Crippen LogP contribution is 2.32. The first kappa shape index (κ1) is 23.5. The van der Waals surface area contributed by atoms with Crippen LogP contribution in [0.4, 0.5) is 11.5 Å². The molecule has 1 aliphatic heterocycles. The van der Waals surface area contributed by atoms with E-state index in [-0.39, 0.29) is 22.6 Å². The number of halogens is 1. The number of anilines is 2. The zero-order valence-electron chi connectivity index (χ0n) is 19.9. The number of fused-ring (bicyclic) bond motifs is 2. The molecule has 10 nitrogen and oxygen atoms in total. The maximum atomic E-state index is 11.7. The number of hydrogen-bond acceptors (Lipinski definition) is 8. The third-order valence-corrected chi connectivity index (χ3v) is 6.58. The molecule has 1 aromatic carbocycles. The average molecular weight is 503 g/mol. The van der Waals surface area contributed by atoms with Gasteiger partial charge in [0.25, 0.3) is 0 Å². The third-order valence-electron chi connectivity index (χ3n) is 6.37. The number of hydrogen-bond donors (Lipinski definition) is 2. The van der Waals surface area contributed by atoms with Crippen LogP contribution in [0.15, 0.2) is 30.5 Å². The van der Waals surface area contributed by atoms with Gasteiger partial charge in [-0.15, -0.1) is 0 Å². The Hall–Kier alpha value is -4.23. The highest BCUT2D eigenvalue weighted by Gasteiger charge is 2.25. The van der Waals surface area contributed by atoms with E-state index in [9.17, 15) is 15.2 Å². The Morgan fingerprint density at radius 1 is 1.28 bits per heavy atom. The van der Waals surface area contributed by atoms with Crippen molar-refractivity contribution >= 4 is 40.1 Å². The van der Waals surface area contributed by atoms with Gasteiger partial charge in [0, 0.05) is 19.2 Å². The monoisotopic (exact) mass is 502 g/mol. The standard InChI is InChI=1S/C25H23ClN8O2/c1-13-8-16(14(2)29-17-4-5-21(26)31-23(17)25(35)36)22-18(9-13)30-19(10-27)24(32-22)34-7-6-15-11-28-33(3)20(15)12-34/h4-5,8-9,11,14,29H,6-7,12H2,1-3H3,(H,35,36)/t14-/m1/s1. The molecule has 0 radical (unpaired) electrons. The Labute approximate surface area is 212 Å². The molecule has 0 saturated carbocycles. The number of benzene rings is 1. The normalized spacial score (nSPS) is 13.8. The number of carboxylic acids is 1. The smallest absolute Gasteiger partial charge is 0.356 e. The van der Waals surface area contributed by atoms with Crippen LogP contribution in [0.25, 0.3) is 11.0 Å². The number of rotatable bonds is 5. The molecule has 4 heterocycles. The van der Waals surface area contributed by atoms with Gasteiger partial charge in [-0.05, 0) is 49.6 Å². The summed E-state index contributed by atoms with van der Waals surface area (Å²) >= 11 is 5.91. The SMILES string of the molecule is Cc1cc([C@@H](C)Nc2ccc(Cl)nc2C(=O)O)c2nc(N3CCc4cnn(C)c4C3)c(C#N)nc2c1. The zero-order chi connectivity index (χ0) is 25.6. The van der Waals surface area contributed by atoms with Gasteiger partial charge in [0.1, 0.15) is 11.2 Å². The number of pyridine rings is 1. The topological polar surface area (TPSA) is 133 Å². The van der Waals surface area contributed by atoms with Gasteiger partial charge >= 0.3 is 5.97 Å². The second-order valence-electron chi connectivity index (χ2n) is 8.84. The Bertz CT molecular complexity index is 1560. The maximum Gasteiger partial charge on any atom is 0.356 e. The summed E-state index contributed by atoms with van der Waals surface area (Å²) in [6.07, 6.45) is 2.68. The summed E-state index contributed by atoms with van der Waals surface area (Å²) in [6, 6.07) is 8.89. The molecule has 4 aromatic rings. The molecule has 36 heavy (non-hydrogen) atoms. The molecular weight excluding hydrogens is 480 g/mol.